The number of aliphatic carboxylic acids is 1. The fraction of sp³-hybridized carbons (Fsp3) is 0.182. The van der Waals surface area contributed by atoms with Crippen LogP contribution in [0.25, 0.3) is 0 Å². The molecule has 0 fully saturated rings. The van der Waals surface area contributed by atoms with Crippen molar-refractivity contribution in [3.8, 4) is 0 Å². The van der Waals surface area contributed by atoms with Gasteiger partial charge in [0.05, 0.1) is 11.4 Å². The van der Waals surface area contributed by atoms with Crippen LogP contribution in [0.15, 0.2) is 18.2 Å². The number of urea groups is 1. The number of hydrogen-bond donors (Lipinski definition) is 3. The fourth-order valence-electron chi connectivity index (χ4n) is 1.15. The Bertz CT molecular complexity index is 521. The first kappa shape index (κ1) is 14.9. The monoisotopic (exact) mass is 288 g/mol. The third kappa shape index (κ3) is 5.35. The van der Waals surface area contributed by atoms with E-state index in [1.165, 1.54) is 12.1 Å². The quantitative estimate of drug-likeness (QED) is 0.789. The van der Waals surface area contributed by atoms with E-state index < -0.39 is 23.7 Å². The van der Waals surface area contributed by atoms with Crippen molar-refractivity contribution >= 4 is 35.2 Å². The Kier molecular flexibility index (Phi) is 5.25. The number of carboxylic acids is 1. The maximum atomic E-state index is 13.1. The third-order valence-corrected chi connectivity index (χ3v) is 2.30. The van der Waals surface area contributed by atoms with Crippen molar-refractivity contribution in [3.63, 3.8) is 0 Å². The highest BCUT2D eigenvalue weighted by atomic mass is 35.5. The van der Waals surface area contributed by atoms with Crippen molar-refractivity contribution in [2.45, 2.75) is 12.8 Å². The minimum atomic E-state index is -1.14. The van der Waals surface area contributed by atoms with Gasteiger partial charge in [-0.05, 0) is 18.2 Å². The van der Waals surface area contributed by atoms with E-state index in [0.29, 0.717) is 0 Å². The molecule has 3 amide bonds. The zero-order chi connectivity index (χ0) is 14.4. The molecular formula is C11H10ClFN2O4. The second-order valence-electron chi connectivity index (χ2n) is 3.52. The number of hydrogen-bond acceptors (Lipinski definition) is 3. The maximum absolute atomic E-state index is 13.1. The Morgan fingerprint density at radius 1 is 1.26 bits per heavy atom. The Hall–Kier alpha value is -2.15. The van der Waals surface area contributed by atoms with Crippen LogP contribution < -0.4 is 10.6 Å². The number of amides is 3. The number of carbonyl (C=O) groups is 3. The molecule has 0 aliphatic carbocycles. The SMILES string of the molecule is O=C(O)CCC(=O)NC(=O)Nc1ccc(Cl)c(F)c1. The predicted molar refractivity (Wildman–Crippen MR) is 65.4 cm³/mol. The van der Waals surface area contributed by atoms with E-state index in [2.05, 4.69) is 5.32 Å². The molecule has 0 unspecified atom stereocenters. The number of halogens is 2. The van der Waals surface area contributed by atoms with Crippen molar-refractivity contribution in [2.24, 2.45) is 0 Å². The number of imide groups is 1. The summed E-state index contributed by atoms with van der Waals surface area (Å²) < 4.78 is 13.1. The minimum absolute atomic E-state index is 0.0940. The fourth-order valence-corrected chi connectivity index (χ4v) is 1.26. The zero-order valence-electron chi connectivity index (χ0n) is 9.57. The topological polar surface area (TPSA) is 95.5 Å². The summed E-state index contributed by atoms with van der Waals surface area (Å²) in [5, 5.41) is 12.4. The standard InChI is InChI=1S/C11H10ClFN2O4/c12-7-2-1-6(5-8(7)13)14-11(19)15-9(16)3-4-10(17)18/h1-2,5H,3-4H2,(H,17,18)(H2,14,15,16,19). The average molecular weight is 289 g/mol. The maximum Gasteiger partial charge on any atom is 0.325 e. The Balaban J connectivity index is 2.48. The molecule has 19 heavy (non-hydrogen) atoms. The molecule has 6 nitrogen and oxygen atoms in total. The summed E-state index contributed by atoms with van der Waals surface area (Å²) >= 11 is 5.46. The predicted octanol–water partition coefficient (Wildman–Crippen LogP) is 1.99. The lowest BCUT2D eigenvalue weighted by molar-refractivity contribution is -0.138. The molecule has 0 radical (unpaired) electrons. The van der Waals surface area contributed by atoms with Crippen molar-refractivity contribution in [2.75, 3.05) is 5.32 Å². The molecular weight excluding hydrogens is 279 g/mol. The third-order valence-electron chi connectivity index (χ3n) is 2.00. The summed E-state index contributed by atoms with van der Waals surface area (Å²) in [5.41, 5.74) is 0.116. The van der Waals surface area contributed by atoms with Crippen LogP contribution in [0.1, 0.15) is 12.8 Å². The lowest BCUT2D eigenvalue weighted by Gasteiger charge is -2.06. The van der Waals surface area contributed by atoms with Crippen LogP contribution in [0.4, 0.5) is 14.9 Å². The van der Waals surface area contributed by atoms with Crippen LogP contribution in [0.5, 0.6) is 0 Å². The smallest absolute Gasteiger partial charge is 0.325 e. The Labute approximate surface area is 112 Å². The summed E-state index contributed by atoms with van der Waals surface area (Å²) in [6, 6.07) is 2.71. The van der Waals surface area contributed by atoms with Crippen LogP contribution in [0.2, 0.25) is 5.02 Å². The molecule has 3 N–H and O–H groups in total. The number of nitrogens with one attached hydrogen (secondary N) is 2. The van der Waals surface area contributed by atoms with Gasteiger partial charge in [0.15, 0.2) is 0 Å². The lowest BCUT2D eigenvalue weighted by Crippen LogP contribution is -2.34. The Morgan fingerprint density at radius 3 is 2.53 bits per heavy atom. The van der Waals surface area contributed by atoms with Crippen molar-refractivity contribution < 1.29 is 23.9 Å². The molecule has 1 rings (SSSR count). The molecule has 8 heteroatoms. The lowest BCUT2D eigenvalue weighted by atomic mass is 10.3. The summed E-state index contributed by atoms with van der Waals surface area (Å²) in [6.45, 7) is 0. The van der Waals surface area contributed by atoms with Crippen LogP contribution in [0.3, 0.4) is 0 Å². The summed E-state index contributed by atoms with van der Waals surface area (Å²) in [5.74, 6) is -2.60. The first-order valence-electron chi connectivity index (χ1n) is 5.16. The molecule has 0 atom stereocenters. The van der Waals surface area contributed by atoms with Gasteiger partial charge in [0, 0.05) is 12.1 Å². The molecule has 0 bridgehead atoms. The van der Waals surface area contributed by atoms with Crippen molar-refractivity contribution in [1.82, 2.24) is 5.32 Å². The van der Waals surface area contributed by atoms with E-state index in [4.69, 9.17) is 16.7 Å². The molecule has 1 aromatic carbocycles. The summed E-state index contributed by atoms with van der Waals surface area (Å²) in [6.07, 6.45) is -0.702. The van der Waals surface area contributed by atoms with E-state index in [-0.39, 0.29) is 23.6 Å². The molecule has 0 spiro atoms. The van der Waals surface area contributed by atoms with Crippen LogP contribution in [-0.4, -0.2) is 23.0 Å². The minimum Gasteiger partial charge on any atom is -0.481 e. The highest BCUT2D eigenvalue weighted by Crippen LogP contribution is 2.18. The van der Waals surface area contributed by atoms with Gasteiger partial charge >= 0.3 is 12.0 Å². The number of anilines is 1. The second-order valence-corrected chi connectivity index (χ2v) is 3.93. The molecule has 0 aliphatic heterocycles. The Morgan fingerprint density at radius 2 is 1.95 bits per heavy atom. The molecule has 0 saturated heterocycles. The number of carboxylic acid groups (broad SMARTS) is 1. The van der Waals surface area contributed by atoms with Gasteiger partial charge in [0.2, 0.25) is 5.91 Å². The number of benzene rings is 1. The van der Waals surface area contributed by atoms with Gasteiger partial charge in [-0.15, -0.1) is 0 Å². The van der Waals surface area contributed by atoms with Gasteiger partial charge in [-0.1, -0.05) is 11.6 Å². The van der Waals surface area contributed by atoms with Crippen LogP contribution in [0, 0.1) is 5.82 Å². The van der Waals surface area contributed by atoms with Gasteiger partial charge in [-0.3, -0.25) is 14.9 Å². The number of carbonyl (C=O) groups excluding carboxylic acids is 2. The van der Waals surface area contributed by atoms with E-state index in [1.54, 1.807) is 0 Å². The van der Waals surface area contributed by atoms with E-state index in [0.717, 1.165) is 6.07 Å². The molecule has 0 aromatic heterocycles. The first-order valence-corrected chi connectivity index (χ1v) is 5.54. The number of rotatable bonds is 4. The molecule has 0 aliphatic rings. The van der Waals surface area contributed by atoms with E-state index in [1.807, 2.05) is 5.32 Å². The van der Waals surface area contributed by atoms with E-state index >= 15 is 0 Å². The zero-order valence-corrected chi connectivity index (χ0v) is 10.3. The molecule has 0 heterocycles. The normalized spacial score (nSPS) is 9.79. The average Bonchev–Trinajstić information content (AvgIpc) is 2.31. The van der Waals surface area contributed by atoms with Gasteiger partial charge < -0.3 is 10.4 Å². The molecule has 0 saturated carbocycles. The largest absolute Gasteiger partial charge is 0.481 e. The van der Waals surface area contributed by atoms with Crippen molar-refractivity contribution in [1.29, 1.82) is 0 Å². The van der Waals surface area contributed by atoms with E-state index in [9.17, 15) is 18.8 Å². The van der Waals surface area contributed by atoms with Gasteiger partial charge in [0.1, 0.15) is 5.82 Å². The summed E-state index contributed by atoms with van der Waals surface area (Å²) in [4.78, 5) is 32.7. The van der Waals surface area contributed by atoms with Gasteiger partial charge in [0.25, 0.3) is 0 Å². The van der Waals surface area contributed by atoms with Crippen LogP contribution >= 0.6 is 11.6 Å². The highest BCUT2D eigenvalue weighted by molar-refractivity contribution is 6.30. The van der Waals surface area contributed by atoms with Crippen molar-refractivity contribution in [3.05, 3.63) is 29.0 Å². The van der Waals surface area contributed by atoms with Gasteiger partial charge in [-0.2, -0.15) is 0 Å². The van der Waals surface area contributed by atoms with Crippen LogP contribution in [-0.2, 0) is 9.59 Å². The second kappa shape index (κ2) is 6.69. The highest BCUT2D eigenvalue weighted by Gasteiger charge is 2.10. The molecule has 1 aromatic rings. The molecule has 102 valence electrons. The summed E-state index contributed by atoms with van der Waals surface area (Å²) in [7, 11) is 0. The first-order chi connectivity index (χ1) is 8.88. The van der Waals surface area contributed by atoms with Gasteiger partial charge in [-0.25, -0.2) is 9.18 Å².